The zero-order valence-electron chi connectivity index (χ0n) is 19.4. The van der Waals surface area contributed by atoms with Gasteiger partial charge in [-0.05, 0) is 20.3 Å². The molecule has 1 amide bonds. The van der Waals surface area contributed by atoms with Crippen molar-refractivity contribution in [1.82, 2.24) is 5.32 Å². The number of unbranched alkanes of at least 4 members (excludes halogenated alkanes) is 11. The lowest BCUT2D eigenvalue weighted by Crippen LogP contribution is -2.60. The molecule has 172 valence electrons. The van der Waals surface area contributed by atoms with Gasteiger partial charge >= 0.3 is 11.9 Å². The molecule has 0 aromatic rings. The maximum atomic E-state index is 12.4. The third kappa shape index (κ3) is 11.8. The number of rotatable bonds is 16. The highest BCUT2D eigenvalue weighted by atomic mass is 16.6. The highest BCUT2D eigenvalue weighted by Gasteiger charge is 2.49. The Kier molecular flexibility index (Phi) is 16.6. The summed E-state index contributed by atoms with van der Waals surface area (Å²) in [5.74, 6) is 3.13. The van der Waals surface area contributed by atoms with Crippen molar-refractivity contribution in [3.63, 3.8) is 0 Å². The quantitative estimate of drug-likeness (QED) is 0.168. The maximum Gasteiger partial charge on any atom is 0.356 e. The van der Waals surface area contributed by atoms with Crippen LogP contribution in [-0.4, -0.2) is 36.6 Å². The van der Waals surface area contributed by atoms with E-state index in [4.69, 9.17) is 9.47 Å². The van der Waals surface area contributed by atoms with E-state index in [1.54, 1.807) is 13.8 Å². The van der Waals surface area contributed by atoms with E-state index in [0.717, 1.165) is 19.3 Å². The Hall–Kier alpha value is -2.03. The Morgan fingerprint density at radius 2 is 1.17 bits per heavy atom. The summed E-state index contributed by atoms with van der Waals surface area (Å²) in [5, 5.41) is 2.34. The van der Waals surface area contributed by atoms with Gasteiger partial charge in [-0.3, -0.25) is 4.79 Å². The fourth-order valence-corrected chi connectivity index (χ4v) is 3.13. The van der Waals surface area contributed by atoms with E-state index >= 15 is 0 Å². The number of nitrogens with one attached hydrogen (secondary N) is 1. The van der Waals surface area contributed by atoms with Gasteiger partial charge in [0.05, 0.1) is 13.2 Å². The summed E-state index contributed by atoms with van der Waals surface area (Å²) in [6.45, 7) is 6.84. The molecular weight excluding hydrogens is 382 g/mol. The van der Waals surface area contributed by atoms with Gasteiger partial charge < -0.3 is 14.8 Å². The number of carbonyl (C=O) groups is 3. The Balaban J connectivity index is 4.52. The fraction of sp³-hybridized carbons (Fsp3) is 0.792. The van der Waals surface area contributed by atoms with Gasteiger partial charge in [-0.2, -0.15) is 0 Å². The zero-order chi connectivity index (χ0) is 22.7. The summed E-state index contributed by atoms with van der Waals surface area (Å²) >= 11 is 0. The van der Waals surface area contributed by atoms with E-state index in [9.17, 15) is 14.4 Å². The lowest BCUT2D eigenvalue weighted by atomic mass is 9.99. The van der Waals surface area contributed by atoms with Gasteiger partial charge in [-0.25, -0.2) is 9.59 Å². The van der Waals surface area contributed by atoms with E-state index in [2.05, 4.69) is 24.1 Å². The van der Waals surface area contributed by atoms with Gasteiger partial charge in [0.1, 0.15) is 0 Å². The van der Waals surface area contributed by atoms with Crippen molar-refractivity contribution in [1.29, 1.82) is 0 Å². The second-order valence-electron chi connectivity index (χ2n) is 7.46. The van der Waals surface area contributed by atoms with Crippen LogP contribution in [0.2, 0.25) is 0 Å². The van der Waals surface area contributed by atoms with Crippen molar-refractivity contribution >= 4 is 17.8 Å². The van der Waals surface area contributed by atoms with Crippen molar-refractivity contribution in [2.75, 3.05) is 13.2 Å². The van der Waals surface area contributed by atoms with Gasteiger partial charge in [0.2, 0.25) is 5.91 Å². The van der Waals surface area contributed by atoms with Gasteiger partial charge in [0.15, 0.2) is 0 Å². The first-order valence-electron chi connectivity index (χ1n) is 11.6. The van der Waals surface area contributed by atoms with Crippen molar-refractivity contribution in [3.8, 4) is 11.8 Å². The SMILES string of the molecule is CCCCCCCCCCCCCC#CC(NC(C)=O)(C(=O)OCC)C(=O)OCC. The van der Waals surface area contributed by atoms with Gasteiger partial charge in [0.25, 0.3) is 5.54 Å². The lowest BCUT2D eigenvalue weighted by molar-refractivity contribution is -0.164. The molecule has 0 aromatic heterocycles. The summed E-state index contributed by atoms with van der Waals surface area (Å²) in [7, 11) is 0. The van der Waals surface area contributed by atoms with Crippen LogP contribution in [0, 0.1) is 11.8 Å². The smallest absolute Gasteiger partial charge is 0.356 e. The number of esters is 2. The van der Waals surface area contributed by atoms with Crippen LogP contribution >= 0.6 is 0 Å². The highest BCUT2D eigenvalue weighted by Crippen LogP contribution is 2.13. The molecule has 0 radical (unpaired) electrons. The van der Waals surface area contributed by atoms with Crippen LogP contribution in [0.5, 0.6) is 0 Å². The second-order valence-corrected chi connectivity index (χ2v) is 7.46. The number of hydrogen-bond acceptors (Lipinski definition) is 5. The van der Waals surface area contributed by atoms with Crippen molar-refractivity contribution in [2.24, 2.45) is 0 Å². The summed E-state index contributed by atoms with van der Waals surface area (Å²) in [6.07, 6.45) is 14.1. The first-order valence-corrected chi connectivity index (χ1v) is 11.6. The molecule has 6 heteroatoms. The van der Waals surface area contributed by atoms with Crippen LogP contribution in [0.15, 0.2) is 0 Å². The minimum absolute atomic E-state index is 0.0693. The average molecular weight is 424 g/mol. The van der Waals surface area contributed by atoms with E-state index < -0.39 is 23.4 Å². The molecule has 0 saturated heterocycles. The van der Waals surface area contributed by atoms with Gasteiger partial charge in [0, 0.05) is 13.3 Å². The Morgan fingerprint density at radius 1 is 0.733 bits per heavy atom. The van der Waals surface area contributed by atoms with Crippen LogP contribution in [0.3, 0.4) is 0 Å². The van der Waals surface area contributed by atoms with E-state index in [1.165, 1.54) is 58.3 Å². The van der Waals surface area contributed by atoms with Gasteiger partial charge in [-0.15, -0.1) is 0 Å². The molecule has 0 aliphatic heterocycles. The standard InChI is InChI=1S/C24H41NO5/c1-5-8-9-10-11-12-13-14-15-16-17-18-19-20-24(25-21(4)26,22(27)29-6-2)23(28)30-7-3/h5-18H2,1-4H3,(H,25,26). The molecule has 0 unspecified atom stereocenters. The fourth-order valence-electron chi connectivity index (χ4n) is 3.13. The summed E-state index contributed by atoms with van der Waals surface area (Å²) in [6, 6.07) is 0. The molecule has 0 spiro atoms. The molecule has 0 aromatic carbocycles. The normalized spacial score (nSPS) is 10.7. The molecule has 0 rings (SSSR count). The lowest BCUT2D eigenvalue weighted by Gasteiger charge is -2.24. The van der Waals surface area contributed by atoms with Crippen molar-refractivity contribution < 1.29 is 23.9 Å². The Bertz CT molecular complexity index is 544. The minimum Gasteiger partial charge on any atom is -0.463 e. The summed E-state index contributed by atoms with van der Waals surface area (Å²) in [5.41, 5.74) is -2.10. The Labute approximate surface area is 182 Å². The third-order valence-electron chi connectivity index (χ3n) is 4.71. The molecule has 0 atom stereocenters. The van der Waals surface area contributed by atoms with Crippen LogP contribution in [0.25, 0.3) is 0 Å². The minimum atomic E-state index is -2.10. The van der Waals surface area contributed by atoms with Crippen LogP contribution in [0.4, 0.5) is 0 Å². The van der Waals surface area contributed by atoms with Crippen LogP contribution in [-0.2, 0) is 23.9 Å². The molecule has 0 saturated carbocycles. The first-order chi connectivity index (χ1) is 14.4. The molecule has 0 aliphatic carbocycles. The Morgan fingerprint density at radius 3 is 1.57 bits per heavy atom. The number of hydrogen-bond donors (Lipinski definition) is 1. The highest BCUT2D eigenvalue weighted by molar-refractivity contribution is 6.11. The first kappa shape index (κ1) is 28.0. The molecule has 0 fully saturated rings. The molecule has 30 heavy (non-hydrogen) atoms. The zero-order valence-corrected chi connectivity index (χ0v) is 19.4. The molecular formula is C24H41NO5. The number of carbonyl (C=O) groups excluding carboxylic acids is 3. The molecule has 6 nitrogen and oxygen atoms in total. The monoisotopic (exact) mass is 423 g/mol. The van der Waals surface area contributed by atoms with Crippen molar-refractivity contribution in [3.05, 3.63) is 0 Å². The number of ether oxygens (including phenoxy) is 2. The average Bonchev–Trinajstić information content (AvgIpc) is 2.70. The largest absolute Gasteiger partial charge is 0.463 e. The molecule has 1 N–H and O–H groups in total. The topological polar surface area (TPSA) is 81.7 Å². The maximum absolute atomic E-state index is 12.4. The third-order valence-corrected chi connectivity index (χ3v) is 4.71. The van der Waals surface area contributed by atoms with Crippen LogP contribution in [0.1, 0.15) is 105 Å². The predicted octanol–water partition coefficient (Wildman–Crippen LogP) is 4.69. The van der Waals surface area contributed by atoms with E-state index in [-0.39, 0.29) is 13.2 Å². The molecule has 0 aliphatic rings. The summed E-state index contributed by atoms with van der Waals surface area (Å²) in [4.78, 5) is 36.5. The number of amides is 1. The second kappa shape index (κ2) is 17.8. The summed E-state index contributed by atoms with van der Waals surface area (Å²) < 4.78 is 9.97. The molecule has 0 bridgehead atoms. The van der Waals surface area contributed by atoms with E-state index in [1.807, 2.05) is 0 Å². The molecule has 0 heterocycles. The predicted molar refractivity (Wildman–Crippen MR) is 119 cm³/mol. The van der Waals surface area contributed by atoms with Gasteiger partial charge in [-0.1, -0.05) is 83.0 Å². The van der Waals surface area contributed by atoms with Crippen LogP contribution < -0.4 is 5.32 Å². The van der Waals surface area contributed by atoms with Crippen molar-refractivity contribution in [2.45, 2.75) is 110 Å². The van der Waals surface area contributed by atoms with E-state index in [0.29, 0.717) is 6.42 Å².